The van der Waals surface area contributed by atoms with Crippen LogP contribution in [0.2, 0.25) is 0 Å². The van der Waals surface area contributed by atoms with Gasteiger partial charge in [0.05, 0.1) is 10.5 Å². The van der Waals surface area contributed by atoms with E-state index in [1.807, 2.05) is 0 Å². The lowest BCUT2D eigenvalue weighted by Crippen LogP contribution is -2.32. The van der Waals surface area contributed by atoms with Crippen molar-refractivity contribution in [3.8, 4) is 0 Å². The van der Waals surface area contributed by atoms with E-state index >= 15 is 0 Å². The summed E-state index contributed by atoms with van der Waals surface area (Å²) in [7, 11) is 0. The van der Waals surface area contributed by atoms with Crippen LogP contribution in [0.15, 0.2) is 41.9 Å². The minimum Gasteiger partial charge on any atom is -0.459 e. The summed E-state index contributed by atoms with van der Waals surface area (Å²) < 4.78 is 7.35. The number of hydrogen-bond acceptors (Lipinski definition) is 7. The first-order valence-electron chi connectivity index (χ1n) is 9.37. The molecular formula is C19H21N5O4. The van der Waals surface area contributed by atoms with Gasteiger partial charge in [-0.05, 0) is 38.2 Å². The first-order valence-corrected chi connectivity index (χ1v) is 9.37. The summed E-state index contributed by atoms with van der Waals surface area (Å²) in [5, 5.41) is 18.5. The summed E-state index contributed by atoms with van der Waals surface area (Å²) >= 11 is 0. The summed E-state index contributed by atoms with van der Waals surface area (Å²) in [4.78, 5) is 28.0. The van der Waals surface area contributed by atoms with E-state index in [9.17, 15) is 14.9 Å². The average Bonchev–Trinajstić information content (AvgIpc) is 3.15. The van der Waals surface area contributed by atoms with E-state index in [4.69, 9.17) is 4.74 Å². The lowest BCUT2D eigenvalue weighted by Gasteiger charge is -2.30. The Morgan fingerprint density at radius 2 is 2.11 bits per heavy atom. The molecular weight excluding hydrogens is 362 g/mol. The fourth-order valence-corrected chi connectivity index (χ4v) is 3.87. The van der Waals surface area contributed by atoms with Gasteiger partial charge in [-0.25, -0.2) is 9.48 Å². The number of carbonyl (C=O) groups is 1. The molecule has 146 valence electrons. The Balaban J connectivity index is 1.73. The number of nitrogens with one attached hydrogen (secondary N) is 1. The van der Waals surface area contributed by atoms with Gasteiger partial charge in [-0.15, -0.1) is 0 Å². The Morgan fingerprint density at radius 1 is 1.32 bits per heavy atom. The fraction of sp³-hybridized carbons (Fsp3) is 0.421. The molecule has 2 aromatic rings. The van der Waals surface area contributed by atoms with E-state index in [1.54, 1.807) is 23.7 Å². The summed E-state index contributed by atoms with van der Waals surface area (Å²) in [6, 6.07) is 5.59. The summed E-state index contributed by atoms with van der Waals surface area (Å²) in [6.45, 7) is 1.78. The van der Waals surface area contributed by atoms with Gasteiger partial charge in [0.1, 0.15) is 18.5 Å². The van der Waals surface area contributed by atoms with Crippen molar-refractivity contribution < 1.29 is 14.5 Å². The second-order valence-corrected chi connectivity index (χ2v) is 7.11. The SMILES string of the molecule is CC1=C(C(=O)OC2CCCCC2)[C@@H](c2cccc([N+](=O)[O-])c2)n2ncnc2N1. The number of aromatic nitrogens is 3. The van der Waals surface area contributed by atoms with Crippen LogP contribution in [0.5, 0.6) is 0 Å². The molecule has 4 rings (SSSR count). The zero-order valence-electron chi connectivity index (χ0n) is 15.5. The normalized spacial score (nSPS) is 19.7. The number of allylic oxidation sites excluding steroid dienone is 1. The van der Waals surface area contributed by atoms with Gasteiger partial charge < -0.3 is 10.1 Å². The molecule has 0 amide bonds. The number of non-ortho nitro benzene ring substituents is 1. The molecule has 0 saturated heterocycles. The van der Waals surface area contributed by atoms with E-state index in [0.717, 1.165) is 32.1 Å². The van der Waals surface area contributed by atoms with Gasteiger partial charge >= 0.3 is 5.97 Å². The summed E-state index contributed by atoms with van der Waals surface area (Å²) in [5.41, 5.74) is 1.54. The number of carbonyl (C=O) groups excluding carboxylic acids is 1. The van der Waals surface area contributed by atoms with Gasteiger partial charge in [0.25, 0.3) is 5.69 Å². The van der Waals surface area contributed by atoms with Crippen LogP contribution < -0.4 is 5.32 Å². The molecule has 9 heteroatoms. The maximum Gasteiger partial charge on any atom is 0.338 e. The molecule has 2 aliphatic rings. The molecule has 1 fully saturated rings. The van der Waals surface area contributed by atoms with Crippen LogP contribution in [0.4, 0.5) is 11.6 Å². The highest BCUT2D eigenvalue weighted by Crippen LogP contribution is 2.37. The Bertz CT molecular complexity index is 945. The third-order valence-electron chi connectivity index (χ3n) is 5.24. The van der Waals surface area contributed by atoms with Crippen molar-refractivity contribution in [2.45, 2.75) is 51.2 Å². The maximum atomic E-state index is 13.1. The topological polar surface area (TPSA) is 112 Å². The van der Waals surface area contributed by atoms with Crippen molar-refractivity contribution in [1.82, 2.24) is 14.8 Å². The number of fused-ring (bicyclic) bond motifs is 1. The van der Waals surface area contributed by atoms with Crippen molar-refractivity contribution in [2.24, 2.45) is 0 Å². The van der Waals surface area contributed by atoms with Crippen molar-refractivity contribution in [3.63, 3.8) is 0 Å². The quantitative estimate of drug-likeness (QED) is 0.489. The molecule has 0 unspecified atom stereocenters. The van der Waals surface area contributed by atoms with Crippen LogP contribution in [0, 0.1) is 10.1 Å². The van der Waals surface area contributed by atoms with Crippen LogP contribution in [0.1, 0.15) is 50.6 Å². The lowest BCUT2D eigenvalue weighted by molar-refractivity contribution is -0.384. The number of nitro groups is 1. The second-order valence-electron chi connectivity index (χ2n) is 7.11. The third kappa shape index (κ3) is 3.35. The fourth-order valence-electron chi connectivity index (χ4n) is 3.87. The van der Waals surface area contributed by atoms with Gasteiger partial charge in [0.2, 0.25) is 5.95 Å². The third-order valence-corrected chi connectivity index (χ3v) is 5.24. The van der Waals surface area contributed by atoms with Crippen LogP contribution in [-0.4, -0.2) is 31.8 Å². The number of hydrogen-bond donors (Lipinski definition) is 1. The molecule has 28 heavy (non-hydrogen) atoms. The molecule has 0 bridgehead atoms. The number of nitrogens with zero attached hydrogens (tertiary/aromatic N) is 4. The van der Waals surface area contributed by atoms with Crippen LogP contribution >= 0.6 is 0 Å². The molecule has 1 atom stereocenters. The predicted molar refractivity (Wildman–Crippen MR) is 101 cm³/mol. The largest absolute Gasteiger partial charge is 0.459 e. The molecule has 1 aliphatic heterocycles. The second kappa shape index (κ2) is 7.41. The zero-order valence-corrected chi connectivity index (χ0v) is 15.5. The van der Waals surface area contributed by atoms with Crippen LogP contribution in [-0.2, 0) is 9.53 Å². The van der Waals surface area contributed by atoms with Crippen molar-refractivity contribution in [1.29, 1.82) is 0 Å². The molecule has 0 spiro atoms. The minimum absolute atomic E-state index is 0.0460. The first-order chi connectivity index (χ1) is 13.5. The van der Waals surface area contributed by atoms with Crippen LogP contribution in [0.3, 0.4) is 0 Å². The molecule has 1 aromatic carbocycles. The van der Waals surface area contributed by atoms with Gasteiger partial charge in [0.15, 0.2) is 0 Å². The van der Waals surface area contributed by atoms with Crippen LogP contribution in [0.25, 0.3) is 0 Å². The lowest BCUT2D eigenvalue weighted by atomic mass is 9.94. The highest BCUT2D eigenvalue weighted by molar-refractivity contribution is 5.92. The van der Waals surface area contributed by atoms with E-state index in [1.165, 1.54) is 18.5 Å². The van der Waals surface area contributed by atoms with Gasteiger partial charge in [0, 0.05) is 17.8 Å². The Labute approximate surface area is 161 Å². The predicted octanol–water partition coefficient (Wildman–Crippen LogP) is 3.35. The highest BCUT2D eigenvalue weighted by Gasteiger charge is 2.36. The standard InChI is InChI=1S/C19H21N5O4/c1-12-16(18(25)28-15-8-3-2-4-9-15)17(23-19(22-12)20-11-21-23)13-6-5-7-14(10-13)24(26)27/h5-7,10-11,15,17H,2-4,8-9H2,1H3,(H,20,21,22)/t17-/m1/s1. The zero-order chi connectivity index (χ0) is 19.7. The Morgan fingerprint density at radius 3 is 2.86 bits per heavy atom. The maximum absolute atomic E-state index is 13.1. The monoisotopic (exact) mass is 383 g/mol. The molecule has 1 N–H and O–H groups in total. The molecule has 1 aromatic heterocycles. The van der Waals surface area contributed by atoms with E-state index in [0.29, 0.717) is 22.8 Å². The van der Waals surface area contributed by atoms with Crippen molar-refractivity contribution in [2.75, 3.05) is 5.32 Å². The van der Waals surface area contributed by atoms with E-state index in [2.05, 4.69) is 15.4 Å². The van der Waals surface area contributed by atoms with Gasteiger partial charge in [-0.3, -0.25) is 10.1 Å². The van der Waals surface area contributed by atoms with E-state index in [-0.39, 0.29) is 11.8 Å². The summed E-state index contributed by atoms with van der Waals surface area (Å²) in [5.74, 6) is 0.0535. The molecule has 2 heterocycles. The number of ether oxygens (including phenoxy) is 1. The average molecular weight is 383 g/mol. The molecule has 1 aliphatic carbocycles. The number of anilines is 1. The Kier molecular flexibility index (Phi) is 4.81. The summed E-state index contributed by atoms with van der Waals surface area (Å²) in [6.07, 6.45) is 6.28. The minimum atomic E-state index is -0.644. The smallest absolute Gasteiger partial charge is 0.338 e. The molecule has 0 radical (unpaired) electrons. The Hall–Kier alpha value is -3.23. The van der Waals surface area contributed by atoms with Crippen molar-refractivity contribution in [3.05, 3.63) is 57.5 Å². The first kappa shape index (κ1) is 18.1. The molecule has 9 nitrogen and oxygen atoms in total. The van der Waals surface area contributed by atoms with E-state index < -0.39 is 16.9 Å². The van der Waals surface area contributed by atoms with Gasteiger partial charge in [-0.1, -0.05) is 18.6 Å². The highest BCUT2D eigenvalue weighted by atomic mass is 16.6. The number of benzene rings is 1. The molecule has 1 saturated carbocycles. The van der Waals surface area contributed by atoms with Crippen molar-refractivity contribution >= 4 is 17.6 Å². The van der Waals surface area contributed by atoms with Gasteiger partial charge in [-0.2, -0.15) is 10.1 Å². The number of esters is 1. The number of rotatable bonds is 4. The number of nitro benzene ring substituents is 1.